The molecule has 140 valence electrons. The first-order valence-corrected chi connectivity index (χ1v) is 9.36. The van der Waals surface area contributed by atoms with E-state index in [0.29, 0.717) is 17.3 Å². The summed E-state index contributed by atoms with van der Waals surface area (Å²) in [4.78, 5) is 14.6. The fourth-order valence-corrected chi connectivity index (χ4v) is 2.81. The van der Waals surface area contributed by atoms with Crippen LogP contribution in [-0.2, 0) is 11.3 Å². The zero-order valence-electron chi connectivity index (χ0n) is 15.9. The van der Waals surface area contributed by atoms with Gasteiger partial charge in [0.05, 0.1) is 0 Å². The van der Waals surface area contributed by atoms with Gasteiger partial charge in [0.2, 0.25) is 0 Å². The van der Waals surface area contributed by atoms with Gasteiger partial charge in [-0.2, -0.15) is 0 Å². The van der Waals surface area contributed by atoms with E-state index in [4.69, 9.17) is 16.3 Å². The van der Waals surface area contributed by atoms with E-state index in [1.165, 1.54) is 5.69 Å². The molecular formula is C21H27ClN2O2. The molecule has 0 unspecified atom stereocenters. The van der Waals surface area contributed by atoms with Gasteiger partial charge in [-0.3, -0.25) is 4.79 Å². The molecular weight excluding hydrogens is 348 g/mol. The number of hydrogen-bond acceptors (Lipinski definition) is 3. The van der Waals surface area contributed by atoms with E-state index in [9.17, 15) is 4.79 Å². The molecule has 1 atom stereocenters. The second-order valence-corrected chi connectivity index (χ2v) is 6.63. The van der Waals surface area contributed by atoms with Gasteiger partial charge in [-0.15, -0.1) is 0 Å². The third kappa shape index (κ3) is 5.40. The van der Waals surface area contributed by atoms with Gasteiger partial charge in [-0.1, -0.05) is 23.7 Å². The molecule has 2 rings (SSSR count). The molecule has 1 amide bonds. The first-order valence-electron chi connectivity index (χ1n) is 8.99. The summed E-state index contributed by atoms with van der Waals surface area (Å²) in [6.45, 7) is 10.4. The Morgan fingerprint density at radius 2 is 1.81 bits per heavy atom. The molecule has 0 bridgehead atoms. The smallest absolute Gasteiger partial charge is 0.261 e. The number of halogens is 1. The molecule has 0 aliphatic carbocycles. The molecule has 4 nitrogen and oxygen atoms in total. The molecule has 0 spiro atoms. The molecule has 0 saturated carbocycles. The highest BCUT2D eigenvalue weighted by Crippen LogP contribution is 2.22. The van der Waals surface area contributed by atoms with Crippen molar-refractivity contribution in [2.45, 2.75) is 40.3 Å². The van der Waals surface area contributed by atoms with Crippen molar-refractivity contribution < 1.29 is 9.53 Å². The van der Waals surface area contributed by atoms with Crippen molar-refractivity contribution in [1.82, 2.24) is 5.32 Å². The van der Waals surface area contributed by atoms with Gasteiger partial charge in [0.1, 0.15) is 5.75 Å². The van der Waals surface area contributed by atoms with Crippen LogP contribution in [0.1, 0.15) is 31.9 Å². The van der Waals surface area contributed by atoms with Gasteiger partial charge in [0.25, 0.3) is 5.91 Å². The summed E-state index contributed by atoms with van der Waals surface area (Å²) in [7, 11) is 0. The number of hydrogen-bond donors (Lipinski definition) is 1. The lowest BCUT2D eigenvalue weighted by Crippen LogP contribution is -2.35. The average molecular weight is 375 g/mol. The van der Waals surface area contributed by atoms with E-state index in [1.54, 1.807) is 19.1 Å². The van der Waals surface area contributed by atoms with Crippen molar-refractivity contribution in [2.75, 3.05) is 18.0 Å². The van der Waals surface area contributed by atoms with Crippen molar-refractivity contribution in [3.63, 3.8) is 0 Å². The lowest BCUT2D eigenvalue weighted by atomic mass is 10.2. The number of nitrogens with one attached hydrogen (secondary N) is 1. The maximum absolute atomic E-state index is 12.3. The van der Waals surface area contributed by atoms with Crippen LogP contribution in [0.5, 0.6) is 5.75 Å². The molecule has 0 heterocycles. The summed E-state index contributed by atoms with van der Waals surface area (Å²) in [5.41, 5.74) is 3.17. The summed E-state index contributed by atoms with van der Waals surface area (Å²) in [6, 6.07) is 13.6. The topological polar surface area (TPSA) is 41.6 Å². The molecule has 0 aliphatic heterocycles. The Bertz CT molecular complexity index is 727. The lowest BCUT2D eigenvalue weighted by Gasteiger charge is -2.21. The normalized spacial score (nSPS) is 11.7. The Morgan fingerprint density at radius 1 is 1.15 bits per heavy atom. The van der Waals surface area contributed by atoms with Crippen LogP contribution in [0.25, 0.3) is 0 Å². The first kappa shape index (κ1) is 20.1. The summed E-state index contributed by atoms with van der Waals surface area (Å²) >= 11 is 6.01. The molecule has 0 fully saturated rings. The number of nitrogens with zero attached hydrogens (tertiary/aromatic N) is 1. The number of ether oxygens (including phenoxy) is 1. The largest absolute Gasteiger partial charge is 0.481 e. The fraction of sp³-hybridized carbons (Fsp3) is 0.381. The van der Waals surface area contributed by atoms with Crippen LogP contribution in [0.4, 0.5) is 5.69 Å². The van der Waals surface area contributed by atoms with Crippen molar-refractivity contribution >= 4 is 23.2 Å². The highest BCUT2D eigenvalue weighted by Gasteiger charge is 2.14. The molecule has 26 heavy (non-hydrogen) atoms. The van der Waals surface area contributed by atoms with Crippen molar-refractivity contribution in [2.24, 2.45) is 0 Å². The number of carbonyl (C=O) groups is 1. The number of rotatable bonds is 8. The van der Waals surface area contributed by atoms with E-state index in [-0.39, 0.29) is 5.91 Å². The minimum Gasteiger partial charge on any atom is -0.481 e. The van der Waals surface area contributed by atoms with Gasteiger partial charge < -0.3 is 15.0 Å². The van der Waals surface area contributed by atoms with Crippen LogP contribution >= 0.6 is 11.6 Å². The van der Waals surface area contributed by atoms with Gasteiger partial charge >= 0.3 is 0 Å². The molecule has 0 aliphatic rings. The highest BCUT2D eigenvalue weighted by atomic mass is 35.5. The SMILES string of the molecule is CCN(CC)c1ccc(CNC(=O)[C@@H](C)Oc2ccc(Cl)c(C)c2)cc1. The summed E-state index contributed by atoms with van der Waals surface area (Å²) < 4.78 is 5.70. The third-order valence-electron chi connectivity index (χ3n) is 4.34. The Hall–Kier alpha value is -2.20. The van der Waals surface area contributed by atoms with Crippen molar-refractivity contribution in [1.29, 1.82) is 0 Å². The molecule has 5 heteroatoms. The maximum Gasteiger partial charge on any atom is 0.261 e. The average Bonchev–Trinajstić information content (AvgIpc) is 2.64. The standard InChI is InChI=1S/C21H27ClN2O2/c1-5-24(6-2)18-9-7-17(8-10-18)14-23-21(25)16(4)26-19-11-12-20(22)15(3)13-19/h7-13,16H,5-6,14H2,1-4H3,(H,23,25)/t16-/m1/s1. The molecule has 2 aromatic carbocycles. The summed E-state index contributed by atoms with van der Waals surface area (Å²) in [5.74, 6) is 0.489. The molecule has 1 N–H and O–H groups in total. The van der Waals surface area contributed by atoms with E-state index in [1.807, 2.05) is 25.1 Å². The van der Waals surface area contributed by atoms with Crippen LogP contribution in [-0.4, -0.2) is 25.1 Å². The zero-order valence-corrected chi connectivity index (χ0v) is 16.6. The Balaban J connectivity index is 1.88. The van der Waals surface area contributed by atoms with Gasteiger partial charge in [-0.05, 0) is 69.2 Å². The fourth-order valence-electron chi connectivity index (χ4n) is 2.69. The number of benzene rings is 2. The van der Waals surface area contributed by atoms with Gasteiger partial charge in [-0.25, -0.2) is 0 Å². The molecule has 0 aromatic heterocycles. The second kappa shape index (κ2) is 9.48. The molecule has 0 saturated heterocycles. The van der Waals surface area contributed by atoms with E-state index in [0.717, 1.165) is 24.2 Å². The van der Waals surface area contributed by atoms with E-state index < -0.39 is 6.10 Å². The number of amides is 1. The molecule has 2 aromatic rings. The quantitative estimate of drug-likeness (QED) is 0.735. The monoisotopic (exact) mass is 374 g/mol. The number of aryl methyl sites for hydroxylation is 1. The van der Waals surface area contributed by atoms with E-state index >= 15 is 0 Å². The van der Waals surface area contributed by atoms with E-state index in [2.05, 4.69) is 36.2 Å². The highest BCUT2D eigenvalue weighted by molar-refractivity contribution is 6.31. The minimum absolute atomic E-state index is 0.148. The van der Waals surface area contributed by atoms with Gasteiger partial charge in [0.15, 0.2) is 6.10 Å². The van der Waals surface area contributed by atoms with Crippen LogP contribution < -0.4 is 15.0 Å². The van der Waals surface area contributed by atoms with Crippen molar-refractivity contribution in [3.05, 3.63) is 58.6 Å². The van der Waals surface area contributed by atoms with Gasteiger partial charge in [0, 0.05) is 30.3 Å². The van der Waals surface area contributed by atoms with Crippen LogP contribution in [0.15, 0.2) is 42.5 Å². The van der Waals surface area contributed by atoms with Crippen molar-refractivity contribution in [3.8, 4) is 5.75 Å². The summed E-state index contributed by atoms with van der Waals surface area (Å²) in [5, 5.41) is 3.60. The molecule has 0 radical (unpaired) electrons. The lowest BCUT2D eigenvalue weighted by molar-refractivity contribution is -0.127. The summed E-state index contributed by atoms with van der Waals surface area (Å²) in [6.07, 6.45) is -0.578. The number of carbonyl (C=O) groups excluding carboxylic acids is 1. The predicted molar refractivity (Wildman–Crippen MR) is 108 cm³/mol. The predicted octanol–water partition coefficient (Wildman–Crippen LogP) is 4.58. The second-order valence-electron chi connectivity index (χ2n) is 6.23. The minimum atomic E-state index is -0.578. The third-order valence-corrected chi connectivity index (χ3v) is 4.77. The van der Waals surface area contributed by atoms with Crippen LogP contribution in [0, 0.1) is 6.92 Å². The van der Waals surface area contributed by atoms with Crippen LogP contribution in [0.3, 0.4) is 0 Å². The Kier molecular flexibility index (Phi) is 7.34. The van der Waals surface area contributed by atoms with Crippen LogP contribution in [0.2, 0.25) is 5.02 Å². The maximum atomic E-state index is 12.3. The Labute approximate surface area is 161 Å². The first-order chi connectivity index (χ1) is 12.4. The number of anilines is 1. The zero-order chi connectivity index (χ0) is 19.1. The Morgan fingerprint density at radius 3 is 2.38 bits per heavy atom.